The fraction of sp³-hybridized carbons (Fsp3) is 0.731. The Balaban J connectivity index is 0.000000775. The highest BCUT2D eigenvalue weighted by Gasteiger charge is 2.41. The zero-order chi connectivity index (χ0) is 22.4. The molecule has 6 nitrogen and oxygen atoms in total. The van der Waals surface area contributed by atoms with Crippen LogP contribution in [-0.4, -0.2) is 74.7 Å². The van der Waals surface area contributed by atoms with Gasteiger partial charge in [0.15, 0.2) is 0 Å². The van der Waals surface area contributed by atoms with Gasteiger partial charge in [-0.25, -0.2) is 0 Å². The number of amides is 1. The number of nitrogens with zero attached hydrogens (tertiary/aromatic N) is 2. The largest absolute Gasteiger partial charge is 0.493 e. The van der Waals surface area contributed by atoms with Gasteiger partial charge in [-0.05, 0) is 95.1 Å². The van der Waals surface area contributed by atoms with Crippen LogP contribution in [0.2, 0.25) is 0 Å². The Bertz CT molecular complexity index is 736. The maximum atomic E-state index is 10.8. The van der Waals surface area contributed by atoms with Crippen molar-refractivity contribution in [1.29, 1.82) is 0 Å². The first-order chi connectivity index (χ1) is 15.6. The highest BCUT2D eigenvalue weighted by Crippen LogP contribution is 2.41. The minimum Gasteiger partial charge on any atom is -0.493 e. The fourth-order valence-corrected chi connectivity index (χ4v) is 5.43. The van der Waals surface area contributed by atoms with Crippen molar-refractivity contribution in [3.63, 3.8) is 0 Å². The molecule has 0 unspecified atom stereocenters. The Hall–Kier alpha value is -1.79. The van der Waals surface area contributed by atoms with Crippen LogP contribution in [0.3, 0.4) is 0 Å². The molecule has 3 aliphatic heterocycles. The number of nitrogens with one attached hydrogen (secondary N) is 1. The molecule has 1 aromatic rings. The number of fused-ring (bicyclic) bond motifs is 1. The van der Waals surface area contributed by atoms with Gasteiger partial charge in [0.05, 0.1) is 6.61 Å². The number of aryl methyl sites for hydroxylation is 1. The average molecular weight is 444 g/mol. The molecule has 0 aromatic heterocycles. The Morgan fingerprint density at radius 2 is 1.81 bits per heavy atom. The maximum absolute atomic E-state index is 10.8. The SMILES string of the molecule is CNC.O=CN1CCC(COc2ccc3c(c2)CCC2(CCN(C4CCC4)CC2)O3)CC1. The van der Waals surface area contributed by atoms with Crippen LogP contribution in [-0.2, 0) is 11.2 Å². The summed E-state index contributed by atoms with van der Waals surface area (Å²) in [6, 6.07) is 7.24. The number of carbonyl (C=O) groups excluding carboxylic acids is 1. The number of hydrogen-bond donors (Lipinski definition) is 1. The second-order valence-corrected chi connectivity index (χ2v) is 10.1. The van der Waals surface area contributed by atoms with E-state index in [0.717, 1.165) is 69.3 Å². The van der Waals surface area contributed by atoms with E-state index in [-0.39, 0.29) is 5.60 Å². The smallest absolute Gasteiger partial charge is 0.209 e. The topological polar surface area (TPSA) is 54.0 Å². The van der Waals surface area contributed by atoms with Crippen LogP contribution < -0.4 is 14.8 Å². The van der Waals surface area contributed by atoms with E-state index in [9.17, 15) is 4.79 Å². The first-order valence-corrected chi connectivity index (χ1v) is 12.6. The van der Waals surface area contributed by atoms with Crippen LogP contribution in [0.4, 0.5) is 0 Å². The van der Waals surface area contributed by atoms with E-state index in [1.807, 2.05) is 19.0 Å². The second-order valence-electron chi connectivity index (χ2n) is 10.1. The lowest BCUT2D eigenvalue weighted by Crippen LogP contribution is -2.53. The molecule has 4 aliphatic rings. The summed E-state index contributed by atoms with van der Waals surface area (Å²) in [5, 5.41) is 2.75. The summed E-state index contributed by atoms with van der Waals surface area (Å²) >= 11 is 0. The van der Waals surface area contributed by atoms with Crippen molar-refractivity contribution in [2.75, 3.05) is 46.9 Å². The number of piperidine rings is 2. The van der Waals surface area contributed by atoms with Gasteiger partial charge in [0.1, 0.15) is 17.1 Å². The summed E-state index contributed by atoms with van der Waals surface area (Å²) in [6.45, 7) is 4.85. The highest BCUT2D eigenvalue weighted by atomic mass is 16.5. The quantitative estimate of drug-likeness (QED) is 0.706. The molecule has 3 heterocycles. The van der Waals surface area contributed by atoms with Crippen LogP contribution >= 0.6 is 0 Å². The third-order valence-electron chi connectivity index (χ3n) is 7.79. The van der Waals surface area contributed by atoms with E-state index in [4.69, 9.17) is 9.47 Å². The van der Waals surface area contributed by atoms with Gasteiger partial charge >= 0.3 is 0 Å². The summed E-state index contributed by atoms with van der Waals surface area (Å²) in [4.78, 5) is 15.4. The number of hydrogen-bond acceptors (Lipinski definition) is 5. The second kappa shape index (κ2) is 10.9. The fourth-order valence-electron chi connectivity index (χ4n) is 5.43. The molecule has 6 heteroatoms. The Morgan fingerprint density at radius 3 is 2.44 bits per heavy atom. The van der Waals surface area contributed by atoms with Crippen LogP contribution in [0.15, 0.2) is 18.2 Å². The van der Waals surface area contributed by atoms with Crippen molar-refractivity contribution in [3.8, 4) is 11.5 Å². The number of rotatable bonds is 5. The van der Waals surface area contributed by atoms with Crippen molar-refractivity contribution in [3.05, 3.63) is 23.8 Å². The average Bonchev–Trinajstić information content (AvgIpc) is 2.79. The van der Waals surface area contributed by atoms with Crippen molar-refractivity contribution in [1.82, 2.24) is 15.1 Å². The Morgan fingerprint density at radius 1 is 1.09 bits per heavy atom. The number of likely N-dealkylation sites (tertiary alicyclic amines) is 2. The molecule has 0 radical (unpaired) electrons. The number of benzene rings is 1. The van der Waals surface area contributed by atoms with Crippen LogP contribution in [0, 0.1) is 5.92 Å². The monoisotopic (exact) mass is 443 g/mol. The normalized spacial score (nSPS) is 23.4. The van der Waals surface area contributed by atoms with Crippen molar-refractivity contribution in [2.45, 2.75) is 69.4 Å². The molecule has 5 rings (SSSR count). The van der Waals surface area contributed by atoms with Gasteiger partial charge in [-0.15, -0.1) is 0 Å². The van der Waals surface area contributed by atoms with Crippen LogP contribution in [0.1, 0.15) is 56.9 Å². The van der Waals surface area contributed by atoms with Crippen LogP contribution in [0.5, 0.6) is 11.5 Å². The molecule has 1 N–H and O–H groups in total. The van der Waals surface area contributed by atoms with Gasteiger partial charge in [0.2, 0.25) is 6.41 Å². The predicted molar refractivity (Wildman–Crippen MR) is 127 cm³/mol. The minimum absolute atomic E-state index is 0.0577. The molecule has 2 saturated heterocycles. The summed E-state index contributed by atoms with van der Waals surface area (Å²) in [7, 11) is 3.75. The first kappa shape index (κ1) is 23.4. The lowest BCUT2D eigenvalue weighted by Gasteiger charge is -2.48. The molecule has 32 heavy (non-hydrogen) atoms. The van der Waals surface area contributed by atoms with E-state index in [2.05, 4.69) is 28.4 Å². The highest BCUT2D eigenvalue weighted by molar-refractivity contribution is 5.47. The van der Waals surface area contributed by atoms with Crippen LogP contribution in [0.25, 0.3) is 0 Å². The lowest BCUT2D eigenvalue weighted by molar-refractivity contribution is -0.119. The molecule has 1 spiro atoms. The third kappa shape index (κ3) is 5.57. The van der Waals surface area contributed by atoms with E-state index in [0.29, 0.717) is 5.92 Å². The first-order valence-electron chi connectivity index (χ1n) is 12.6. The van der Waals surface area contributed by atoms with Gasteiger partial charge in [-0.3, -0.25) is 4.79 Å². The van der Waals surface area contributed by atoms with Gasteiger partial charge in [-0.2, -0.15) is 0 Å². The zero-order valence-electron chi connectivity index (χ0n) is 20.0. The number of carbonyl (C=O) groups is 1. The lowest BCUT2D eigenvalue weighted by atomic mass is 9.81. The van der Waals surface area contributed by atoms with E-state index in [1.165, 1.54) is 50.8 Å². The molecule has 1 aliphatic carbocycles. The Labute approximate surface area is 193 Å². The molecule has 0 atom stereocenters. The van der Waals surface area contributed by atoms with E-state index in [1.54, 1.807) is 0 Å². The molecule has 1 amide bonds. The summed E-state index contributed by atoms with van der Waals surface area (Å²) in [5.74, 6) is 2.57. The van der Waals surface area contributed by atoms with Crippen molar-refractivity contribution >= 4 is 6.41 Å². The molecular weight excluding hydrogens is 402 g/mol. The third-order valence-corrected chi connectivity index (χ3v) is 7.79. The molecular formula is C26H41N3O3. The minimum atomic E-state index is 0.0577. The Kier molecular flexibility index (Phi) is 7.95. The van der Waals surface area contributed by atoms with Gasteiger partial charge in [0.25, 0.3) is 0 Å². The van der Waals surface area contributed by atoms with E-state index >= 15 is 0 Å². The number of ether oxygens (including phenoxy) is 2. The van der Waals surface area contributed by atoms with E-state index < -0.39 is 0 Å². The standard InChI is InChI=1S/C24H34N2O3.C2H7N/c27-18-25-12-7-19(8-13-25)17-28-22-4-5-23-20(16-22)6-9-24(29-23)10-14-26(15-11-24)21-2-1-3-21;1-3-2/h4-5,16,18-19,21H,1-3,6-15,17H2;3H,1-2H3. The maximum Gasteiger partial charge on any atom is 0.209 e. The summed E-state index contributed by atoms with van der Waals surface area (Å²) in [6.07, 6.45) is 11.8. The molecule has 178 valence electrons. The molecule has 3 fully saturated rings. The molecule has 1 saturated carbocycles. The van der Waals surface area contributed by atoms with Gasteiger partial charge < -0.3 is 24.6 Å². The molecule has 1 aromatic carbocycles. The zero-order valence-corrected chi connectivity index (χ0v) is 20.0. The van der Waals surface area contributed by atoms with Crippen molar-refractivity contribution in [2.24, 2.45) is 5.92 Å². The van der Waals surface area contributed by atoms with Gasteiger partial charge in [0, 0.05) is 32.2 Å². The van der Waals surface area contributed by atoms with Crippen molar-refractivity contribution < 1.29 is 14.3 Å². The molecule has 0 bridgehead atoms. The predicted octanol–water partition coefficient (Wildman–Crippen LogP) is 3.48. The summed E-state index contributed by atoms with van der Waals surface area (Å²) < 4.78 is 12.7. The summed E-state index contributed by atoms with van der Waals surface area (Å²) in [5.41, 5.74) is 1.35. The van der Waals surface area contributed by atoms with Gasteiger partial charge in [-0.1, -0.05) is 6.42 Å².